The molecule has 1 atom stereocenters. The molecule has 0 aliphatic rings. The zero-order chi connectivity index (χ0) is 59.2. The molecule has 82 heavy (non-hydrogen) atoms. The third-order valence-corrected chi connectivity index (χ3v) is 14.7. The van der Waals surface area contributed by atoms with Gasteiger partial charge in [0.05, 0.1) is 0 Å². The van der Waals surface area contributed by atoms with E-state index >= 15 is 0 Å². The first kappa shape index (κ1) is 77.8. The van der Waals surface area contributed by atoms with Crippen LogP contribution in [0.1, 0.15) is 323 Å². The van der Waals surface area contributed by atoms with Crippen molar-refractivity contribution in [3.8, 4) is 0 Å². The molecule has 0 saturated heterocycles. The lowest BCUT2D eigenvalue weighted by atomic mass is 10.0. The Balaban J connectivity index is 4.13. The number of unbranched alkanes of at least 4 members (excludes halogenated alkanes) is 31. The largest absolute Gasteiger partial charge is 0.462 e. The zero-order valence-electron chi connectivity index (χ0n) is 53.7. The van der Waals surface area contributed by atoms with E-state index < -0.39 is 6.10 Å². The highest BCUT2D eigenvalue weighted by molar-refractivity contribution is 5.71. The molecule has 468 valence electrons. The summed E-state index contributed by atoms with van der Waals surface area (Å²) in [4.78, 5) is 38.3. The molecule has 0 heterocycles. The van der Waals surface area contributed by atoms with Gasteiger partial charge in [0, 0.05) is 19.3 Å². The summed E-state index contributed by atoms with van der Waals surface area (Å²) in [6.45, 7) is 6.40. The molecule has 0 amide bonds. The van der Waals surface area contributed by atoms with Gasteiger partial charge in [-0.05, 0) is 109 Å². The van der Waals surface area contributed by atoms with Crippen LogP contribution in [0.5, 0.6) is 0 Å². The van der Waals surface area contributed by atoms with Crippen LogP contribution in [0.15, 0.2) is 122 Å². The van der Waals surface area contributed by atoms with Crippen LogP contribution < -0.4 is 0 Å². The van der Waals surface area contributed by atoms with Gasteiger partial charge in [0.1, 0.15) is 13.2 Å². The fraction of sp³-hybridized carbons (Fsp3) is 0.697. The first-order valence-electron chi connectivity index (χ1n) is 34.5. The molecule has 0 spiro atoms. The molecule has 0 radical (unpaired) electrons. The number of carbonyl (C=O) groups is 3. The van der Waals surface area contributed by atoms with Gasteiger partial charge in [-0.2, -0.15) is 0 Å². The van der Waals surface area contributed by atoms with Crippen LogP contribution in [0.3, 0.4) is 0 Å². The molecular formula is C76H128O6. The number of hydrogen-bond donors (Lipinski definition) is 0. The minimum Gasteiger partial charge on any atom is -0.462 e. The smallest absolute Gasteiger partial charge is 0.306 e. The van der Waals surface area contributed by atoms with Crippen LogP contribution >= 0.6 is 0 Å². The maximum Gasteiger partial charge on any atom is 0.306 e. The quantitative estimate of drug-likeness (QED) is 0.0261. The van der Waals surface area contributed by atoms with Crippen LogP contribution in [0, 0.1) is 0 Å². The van der Waals surface area contributed by atoms with E-state index in [2.05, 4.69) is 142 Å². The van der Waals surface area contributed by atoms with Crippen molar-refractivity contribution in [1.29, 1.82) is 0 Å². The lowest BCUT2D eigenvalue weighted by Crippen LogP contribution is -2.30. The molecule has 0 N–H and O–H groups in total. The van der Waals surface area contributed by atoms with Crippen molar-refractivity contribution in [1.82, 2.24) is 0 Å². The van der Waals surface area contributed by atoms with Gasteiger partial charge in [0.25, 0.3) is 0 Å². The third kappa shape index (κ3) is 66.6. The van der Waals surface area contributed by atoms with Gasteiger partial charge in [-0.3, -0.25) is 14.4 Å². The standard InChI is InChI=1S/C76H128O6/c1-4-7-10-13-16-19-22-24-26-28-30-31-32-33-34-35-36-37-38-39-40-41-42-43-44-45-47-48-50-52-54-57-60-63-66-69-75(78)81-72-73(71-80-74(77)68-65-62-59-56-21-18-15-12-9-6-3)82-76(79)70-67-64-61-58-55-53-51-49-46-29-27-25-23-20-17-14-11-8-5-2/h7-8,10-11,16-17,19-20,24-27,30-31,33-34,46,49,53,55,73H,4-6,9,12-15,18,21-23,28-29,32,35-45,47-48,50-52,54,56-72H2,1-3H3/b10-7-,11-8-,19-16-,20-17-,26-24-,27-25-,31-30-,34-33-,49-46-,55-53-. The Hall–Kier alpha value is -4.19. The van der Waals surface area contributed by atoms with Crippen molar-refractivity contribution in [2.75, 3.05) is 13.2 Å². The Morgan fingerprint density at radius 1 is 0.256 bits per heavy atom. The van der Waals surface area contributed by atoms with E-state index in [1.54, 1.807) is 0 Å². The van der Waals surface area contributed by atoms with E-state index in [0.717, 1.165) is 128 Å². The number of carbonyl (C=O) groups excluding carboxylic acids is 3. The van der Waals surface area contributed by atoms with E-state index in [9.17, 15) is 14.4 Å². The van der Waals surface area contributed by atoms with E-state index in [1.165, 1.54) is 154 Å². The van der Waals surface area contributed by atoms with E-state index in [-0.39, 0.29) is 37.5 Å². The molecule has 0 aromatic carbocycles. The molecule has 6 heteroatoms. The number of ether oxygens (including phenoxy) is 3. The molecule has 0 aliphatic heterocycles. The summed E-state index contributed by atoms with van der Waals surface area (Å²) in [5, 5.41) is 0. The number of esters is 3. The van der Waals surface area contributed by atoms with Crippen LogP contribution in [0.25, 0.3) is 0 Å². The summed E-state index contributed by atoms with van der Waals surface area (Å²) in [5.41, 5.74) is 0. The van der Waals surface area contributed by atoms with Gasteiger partial charge in [-0.15, -0.1) is 0 Å². The molecule has 0 aliphatic carbocycles. The second-order valence-corrected chi connectivity index (χ2v) is 22.7. The molecule has 0 rings (SSSR count). The molecule has 6 nitrogen and oxygen atoms in total. The number of hydrogen-bond acceptors (Lipinski definition) is 6. The Bertz CT molecular complexity index is 1690. The third-order valence-electron chi connectivity index (χ3n) is 14.7. The van der Waals surface area contributed by atoms with Gasteiger partial charge in [0.2, 0.25) is 0 Å². The van der Waals surface area contributed by atoms with E-state index in [0.29, 0.717) is 12.8 Å². The molecule has 0 fully saturated rings. The van der Waals surface area contributed by atoms with E-state index in [1.807, 2.05) is 0 Å². The Kier molecular flexibility index (Phi) is 65.8. The van der Waals surface area contributed by atoms with Gasteiger partial charge in [-0.25, -0.2) is 0 Å². The monoisotopic (exact) mass is 1140 g/mol. The highest BCUT2D eigenvalue weighted by Gasteiger charge is 2.19. The summed E-state index contributed by atoms with van der Waals surface area (Å²) in [5.74, 6) is -0.912. The van der Waals surface area contributed by atoms with Crippen molar-refractivity contribution in [3.63, 3.8) is 0 Å². The number of allylic oxidation sites excluding steroid dienone is 20. The van der Waals surface area contributed by atoms with Crippen molar-refractivity contribution < 1.29 is 28.6 Å². The molecule has 0 aromatic rings. The second kappa shape index (κ2) is 69.3. The number of rotatable bonds is 62. The Morgan fingerprint density at radius 3 is 0.756 bits per heavy atom. The Labute approximate surface area is 507 Å². The summed E-state index contributed by atoms with van der Waals surface area (Å²) >= 11 is 0. The maximum atomic E-state index is 12.9. The summed E-state index contributed by atoms with van der Waals surface area (Å²) in [6, 6.07) is 0. The fourth-order valence-corrected chi connectivity index (χ4v) is 9.62. The van der Waals surface area contributed by atoms with E-state index in [4.69, 9.17) is 14.2 Å². The highest BCUT2D eigenvalue weighted by atomic mass is 16.6. The van der Waals surface area contributed by atoms with Crippen molar-refractivity contribution in [3.05, 3.63) is 122 Å². The van der Waals surface area contributed by atoms with Crippen LogP contribution in [0.4, 0.5) is 0 Å². The normalized spacial score (nSPS) is 12.9. The fourth-order valence-electron chi connectivity index (χ4n) is 9.62. The summed E-state index contributed by atoms with van der Waals surface area (Å²) in [7, 11) is 0. The van der Waals surface area contributed by atoms with Gasteiger partial charge < -0.3 is 14.2 Å². The SMILES string of the molecule is CC/C=C\C/C=C\C/C=C\C/C=C\C/C=C\CCCCCCCCCCCCCCCCCCCCCC(=O)OCC(COC(=O)CCCCCCCCCCCC)OC(=O)CCCCC/C=C\C/C=C\C/C=C\C/C=C\C/C=C\CC. The maximum absolute atomic E-state index is 12.9. The lowest BCUT2D eigenvalue weighted by Gasteiger charge is -2.18. The van der Waals surface area contributed by atoms with Gasteiger partial charge in [0.15, 0.2) is 6.10 Å². The minimum absolute atomic E-state index is 0.0886. The van der Waals surface area contributed by atoms with Crippen LogP contribution in [-0.4, -0.2) is 37.2 Å². The van der Waals surface area contributed by atoms with Crippen molar-refractivity contribution in [2.45, 2.75) is 329 Å². The Morgan fingerprint density at radius 2 is 0.476 bits per heavy atom. The topological polar surface area (TPSA) is 78.9 Å². The van der Waals surface area contributed by atoms with Crippen molar-refractivity contribution >= 4 is 17.9 Å². The summed E-state index contributed by atoms with van der Waals surface area (Å²) in [6.07, 6.45) is 96.7. The molecule has 0 bridgehead atoms. The van der Waals surface area contributed by atoms with Gasteiger partial charge >= 0.3 is 17.9 Å². The minimum atomic E-state index is -0.794. The lowest BCUT2D eigenvalue weighted by molar-refractivity contribution is -0.167. The van der Waals surface area contributed by atoms with Crippen LogP contribution in [0.2, 0.25) is 0 Å². The van der Waals surface area contributed by atoms with Gasteiger partial charge in [-0.1, -0.05) is 316 Å². The van der Waals surface area contributed by atoms with Crippen LogP contribution in [-0.2, 0) is 28.6 Å². The predicted molar refractivity (Wildman–Crippen MR) is 357 cm³/mol. The molecule has 0 saturated carbocycles. The second-order valence-electron chi connectivity index (χ2n) is 22.7. The summed E-state index contributed by atoms with van der Waals surface area (Å²) < 4.78 is 16.9. The van der Waals surface area contributed by atoms with Crippen molar-refractivity contribution in [2.24, 2.45) is 0 Å². The highest BCUT2D eigenvalue weighted by Crippen LogP contribution is 2.17. The predicted octanol–water partition coefficient (Wildman–Crippen LogP) is 23.9. The molecular weight excluding hydrogens is 1010 g/mol. The average molecular weight is 1140 g/mol. The first-order chi connectivity index (χ1) is 40.5. The zero-order valence-corrected chi connectivity index (χ0v) is 53.7. The first-order valence-corrected chi connectivity index (χ1v) is 34.5. The molecule has 1 unspecified atom stereocenters. The molecule has 0 aromatic heterocycles. The average Bonchev–Trinajstić information content (AvgIpc) is 3.48.